The van der Waals surface area contributed by atoms with Gasteiger partial charge in [0.05, 0.1) is 0 Å². The summed E-state index contributed by atoms with van der Waals surface area (Å²) >= 11 is 0. The Hall–Kier alpha value is -0.0800. The van der Waals surface area contributed by atoms with Crippen LogP contribution in [0.25, 0.3) is 0 Å². The zero-order chi connectivity index (χ0) is 9.31. The molecule has 0 aromatic carbocycles. The van der Waals surface area contributed by atoms with E-state index in [1.807, 2.05) is 0 Å². The van der Waals surface area contributed by atoms with E-state index < -0.39 is 0 Å². The maximum Gasteiger partial charge on any atom is 0.170 e. The van der Waals surface area contributed by atoms with Gasteiger partial charge in [0, 0.05) is 26.6 Å². The Morgan fingerprint density at radius 1 is 1.15 bits per heavy atom. The highest BCUT2D eigenvalue weighted by Crippen LogP contribution is 2.48. The fourth-order valence-electron chi connectivity index (χ4n) is 2.63. The lowest BCUT2D eigenvalue weighted by Crippen LogP contribution is -2.51. The van der Waals surface area contributed by atoms with Crippen LogP contribution in [-0.4, -0.2) is 20.0 Å². The van der Waals surface area contributed by atoms with E-state index in [-0.39, 0.29) is 5.79 Å². The molecule has 0 heterocycles. The van der Waals surface area contributed by atoms with Gasteiger partial charge in [-0.1, -0.05) is 19.3 Å². The Kier molecular flexibility index (Phi) is 2.61. The highest BCUT2D eigenvalue weighted by atomic mass is 16.7. The SMILES string of the molecule is COC1(OC)CCC1CC1CCC1. The number of hydrogen-bond donors (Lipinski definition) is 0. The normalized spacial score (nSPS) is 32.3. The minimum absolute atomic E-state index is 0.213. The molecule has 0 N–H and O–H groups in total. The summed E-state index contributed by atoms with van der Waals surface area (Å²) in [6.45, 7) is 0. The number of methoxy groups -OCH3 is 2. The second-order valence-electron chi connectivity index (χ2n) is 4.49. The molecule has 0 saturated heterocycles. The predicted molar refractivity (Wildman–Crippen MR) is 51.4 cm³/mol. The first-order valence-electron chi connectivity index (χ1n) is 5.41. The van der Waals surface area contributed by atoms with E-state index in [2.05, 4.69) is 0 Å². The molecule has 2 fully saturated rings. The van der Waals surface area contributed by atoms with Gasteiger partial charge < -0.3 is 9.47 Å². The second-order valence-corrected chi connectivity index (χ2v) is 4.49. The summed E-state index contributed by atoms with van der Waals surface area (Å²) in [6.07, 6.45) is 7.99. The summed E-state index contributed by atoms with van der Waals surface area (Å²) in [4.78, 5) is 0. The van der Waals surface area contributed by atoms with E-state index in [1.54, 1.807) is 14.2 Å². The Balaban J connectivity index is 1.84. The molecule has 13 heavy (non-hydrogen) atoms. The van der Waals surface area contributed by atoms with Gasteiger partial charge in [-0.2, -0.15) is 0 Å². The predicted octanol–water partition coefficient (Wildman–Crippen LogP) is 2.58. The van der Waals surface area contributed by atoms with Gasteiger partial charge in [-0.3, -0.25) is 0 Å². The maximum absolute atomic E-state index is 5.48. The van der Waals surface area contributed by atoms with Crippen molar-refractivity contribution in [3.8, 4) is 0 Å². The van der Waals surface area contributed by atoms with Gasteiger partial charge in [-0.15, -0.1) is 0 Å². The molecule has 0 aromatic heterocycles. The fraction of sp³-hybridized carbons (Fsp3) is 1.00. The second kappa shape index (κ2) is 3.58. The van der Waals surface area contributed by atoms with Crippen LogP contribution in [-0.2, 0) is 9.47 Å². The third kappa shape index (κ3) is 1.50. The monoisotopic (exact) mass is 184 g/mol. The van der Waals surface area contributed by atoms with Gasteiger partial charge in [0.1, 0.15) is 0 Å². The zero-order valence-corrected chi connectivity index (χ0v) is 8.71. The van der Waals surface area contributed by atoms with Crippen molar-refractivity contribution >= 4 is 0 Å². The molecule has 0 aromatic rings. The van der Waals surface area contributed by atoms with Gasteiger partial charge in [0.15, 0.2) is 5.79 Å². The molecule has 0 bridgehead atoms. The highest BCUT2D eigenvalue weighted by Gasteiger charge is 2.48. The zero-order valence-electron chi connectivity index (χ0n) is 8.71. The van der Waals surface area contributed by atoms with E-state index in [4.69, 9.17) is 9.47 Å². The molecule has 2 saturated carbocycles. The third-order valence-electron chi connectivity index (χ3n) is 4.00. The molecule has 0 spiro atoms. The van der Waals surface area contributed by atoms with E-state index in [9.17, 15) is 0 Å². The highest BCUT2D eigenvalue weighted by molar-refractivity contribution is 4.92. The Morgan fingerprint density at radius 3 is 2.15 bits per heavy atom. The maximum atomic E-state index is 5.48. The fourth-order valence-corrected chi connectivity index (χ4v) is 2.63. The van der Waals surface area contributed by atoms with E-state index in [0.717, 1.165) is 12.3 Å². The summed E-state index contributed by atoms with van der Waals surface area (Å²) in [5.41, 5.74) is 0. The van der Waals surface area contributed by atoms with Gasteiger partial charge in [0.25, 0.3) is 0 Å². The van der Waals surface area contributed by atoms with Crippen molar-refractivity contribution in [2.75, 3.05) is 14.2 Å². The van der Waals surface area contributed by atoms with Crippen molar-refractivity contribution < 1.29 is 9.47 Å². The number of ether oxygens (including phenoxy) is 2. The molecule has 76 valence electrons. The van der Waals surface area contributed by atoms with Crippen molar-refractivity contribution in [3.05, 3.63) is 0 Å². The smallest absolute Gasteiger partial charge is 0.170 e. The van der Waals surface area contributed by atoms with Gasteiger partial charge in [-0.05, 0) is 18.8 Å². The number of hydrogen-bond acceptors (Lipinski definition) is 2. The quantitative estimate of drug-likeness (QED) is 0.625. The molecule has 0 radical (unpaired) electrons. The molecule has 1 atom stereocenters. The Bertz CT molecular complexity index is 165. The van der Waals surface area contributed by atoms with Crippen molar-refractivity contribution in [3.63, 3.8) is 0 Å². The van der Waals surface area contributed by atoms with Crippen LogP contribution in [0.3, 0.4) is 0 Å². The van der Waals surface area contributed by atoms with Crippen LogP contribution in [0.2, 0.25) is 0 Å². The largest absolute Gasteiger partial charge is 0.353 e. The summed E-state index contributed by atoms with van der Waals surface area (Å²) in [7, 11) is 3.55. The Morgan fingerprint density at radius 2 is 1.85 bits per heavy atom. The molecular formula is C11H20O2. The first-order valence-corrected chi connectivity index (χ1v) is 5.41. The van der Waals surface area contributed by atoms with Crippen molar-refractivity contribution in [2.45, 2.75) is 44.3 Å². The van der Waals surface area contributed by atoms with E-state index in [0.29, 0.717) is 5.92 Å². The van der Waals surface area contributed by atoms with Crippen LogP contribution >= 0.6 is 0 Å². The molecule has 2 heteroatoms. The third-order valence-corrected chi connectivity index (χ3v) is 4.00. The van der Waals surface area contributed by atoms with Gasteiger partial charge in [-0.25, -0.2) is 0 Å². The molecule has 2 aliphatic carbocycles. The molecule has 2 nitrogen and oxygen atoms in total. The van der Waals surface area contributed by atoms with Crippen LogP contribution in [0, 0.1) is 11.8 Å². The average Bonchev–Trinajstić information content (AvgIpc) is 2.03. The molecule has 1 unspecified atom stereocenters. The van der Waals surface area contributed by atoms with Crippen molar-refractivity contribution in [1.82, 2.24) is 0 Å². The summed E-state index contributed by atoms with van der Waals surface area (Å²) in [5, 5.41) is 0. The first kappa shape index (κ1) is 9.47. The topological polar surface area (TPSA) is 18.5 Å². The van der Waals surface area contributed by atoms with Crippen LogP contribution in [0.4, 0.5) is 0 Å². The minimum Gasteiger partial charge on any atom is -0.353 e. The van der Waals surface area contributed by atoms with Crippen LogP contribution < -0.4 is 0 Å². The number of rotatable bonds is 4. The average molecular weight is 184 g/mol. The van der Waals surface area contributed by atoms with Crippen molar-refractivity contribution in [2.24, 2.45) is 11.8 Å². The molecular weight excluding hydrogens is 164 g/mol. The standard InChI is InChI=1S/C11H20O2/c1-12-11(13-2)7-6-10(11)8-9-4-3-5-9/h9-10H,3-8H2,1-2H3. The summed E-state index contributed by atoms with van der Waals surface area (Å²) in [6, 6.07) is 0. The van der Waals surface area contributed by atoms with Crippen LogP contribution in [0.1, 0.15) is 38.5 Å². The lowest BCUT2D eigenvalue weighted by Gasteiger charge is -2.49. The lowest BCUT2D eigenvalue weighted by atomic mass is 9.68. The molecule has 2 aliphatic rings. The lowest BCUT2D eigenvalue weighted by molar-refractivity contribution is -0.291. The summed E-state index contributed by atoms with van der Waals surface area (Å²) in [5.74, 6) is 1.41. The molecule has 0 amide bonds. The Labute approximate surface area is 80.6 Å². The van der Waals surface area contributed by atoms with Gasteiger partial charge in [0.2, 0.25) is 0 Å². The van der Waals surface area contributed by atoms with Gasteiger partial charge >= 0.3 is 0 Å². The molecule has 0 aliphatic heterocycles. The summed E-state index contributed by atoms with van der Waals surface area (Å²) < 4.78 is 11.0. The van der Waals surface area contributed by atoms with E-state index >= 15 is 0 Å². The minimum atomic E-state index is -0.213. The van der Waals surface area contributed by atoms with E-state index in [1.165, 1.54) is 32.1 Å². The van der Waals surface area contributed by atoms with Crippen LogP contribution in [0.5, 0.6) is 0 Å². The molecule has 2 rings (SSSR count). The first-order chi connectivity index (χ1) is 6.30. The van der Waals surface area contributed by atoms with Crippen LogP contribution in [0.15, 0.2) is 0 Å². The van der Waals surface area contributed by atoms with Crippen molar-refractivity contribution in [1.29, 1.82) is 0 Å².